The molecule has 0 bridgehead atoms. The van der Waals surface area contributed by atoms with Gasteiger partial charge in [0.2, 0.25) is 0 Å². The zero-order valence-electron chi connectivity index (χ0n) is 15.0. The number of thioether (sulfide) groups is 1. The van der Waals surface area contributed by atoms with E-state index in [9.17, 15) is 13.2 Å². The van der Waals surface area contributed by atoms with Gasteiger partial charge in [0, 0.05) is 32.9 Å². The number of nitrogens with zero attached hydrogens (tertiary/aromatic N) is 2. The molecule has 0 radical (unpaired) electrons. The van der Waals surface area contributed by atoms with Crippen LogP contribution in [-0.4, -0.2) is 49.6 Å². The van der Waals surface area contributed by atoms with Crippen LogP contribution in [0.5, 0.6) is 0 Å². The second-order valence-corrected chi connectivity index (χ2v) is 6.32. The van der Waals surface area contributed by atoms with Gasteiger partial charge >= 0.3 is 6.18 Å². The summed E-state index contributed by atoms with van der Waals surface area (Å²) in [5.41, 5.74) is -0.743. The van der Waals surface area contributed by atoms with Crippen molar-refractivity contribution in [2.45, 2.75) is 25.4 Å². The molecular formula is C16H27F3IN5S. The normalized spacial score (nSPS) is 11.7. The number of pyridine rings is 1. The van der Waals surface area contributed by atoms with E-state index in [0.29, 0.717) is 18.9 Å². The van der Waals surface area contributed by atoms with Crippen molar-refractivity contribution in [3.05, 3.63) is 23.9 Å². The summed E-state index contributed by atoms with van der Waals surface area (Å²) in [6, 6.07) is 2.36. The van der Waals surface area contributed by atoms with Crippen LogP contribution in [0.4, 0.5) is 19.0 Å². The van der Waals surface area contributed by atoms with E-state index in [1.165, 1.54) is 12.5 Å². The van der Waals surface area contributed by atoms with E-state index < -0.39 is 11.7 Å². The molecule has 0 saturated heterocycles. The van der Waals surface area contributed by atoms with Gasteiger partial charge in [-0.2, -0.15) is 24.9 Å². The highest BCUT2D eigenvalue weighted by atomic mass is 127. The van der Waals surface area contributed by atoms with Gasteiger partial charge in [0.1, 0.15) is 5.82 Å². The minimum absolute atomic E-state index is 0. The Kier molecular flexibility index (Phi) is 13.7. The fourth-order valence-corrected chi connectivity index (χ4v) is 2.47. The van der Waals surface area contributed by atoms with Gasteiger partial charge in [-0.1, -0.05) is 0 Å². The molecule has 26 heavy (non-hydrogen) atoms. The lowest BCUT2D eigenvalue weighted by Gasteiger charge is -2.12. The smallest absolute Gasteiger partial charge is 0.370 e. The van der Waals surface area contributed by atoms with Gasteiger partial charge in [0.05, 0.1) is 5.56 Å². The molecule has 0 atom stereocenters. The van der Waals surface area contributed by atoms with Crippen molar-refractivity contribution in [1.82, 2.24) is 15.6 Å². The molecule has 1 heterocycles. The number of alkyl halides is 3. The molecule has 10 heteroatoms. The molecule has 0 aliphatic heterocycles. The molecule has 0 aliphatic carbocycles. The Bertz CT molecular complexity index is 512. The summed E-state index contributed by atoms with van der Waals surface area (Å²) in [7, 11) is 1.72. The van der Waals surface area contributed by atoms with Crippen molar-refractivity contribution in [2.24, 2.45) is 4.99 Å². The first kappa shape index (κ1) is 25.1. The first-order chi connectivity index (χ1) is 12.0. The molecule has 0 fully saturated rings. The van der Waals surface area contributed by atoms with Gasteiger partial charge in [-0.05, 0) is 43.4 Å². The van der Waals surface area contributed by atoms with E-state index in [2.05, 4.69) is 32.2 Å². The number of hydrogen-bond donors (Lipinski definition) is 3. The van der Waals surface area contributed by atoms with Crippen molar-refractivity contribution < 1.29 is 13.2 Å². The predicted molar refractivity (Wildman–Crippen MR) is 115 cm³/mol. The number of anilines is 1. The number of rotatable bonds is 10. The first-order valence-corrected chi connectivity index (χ1v) is 9.57. The number of aliphatic imine (C=N–C) groups is 1. The van der Waals surface area contributed by atoms with E-state index in [-0.39, 0.29) is 24.0 Å². The Morgan fingerprint density at radius 2 is 1.81 bits per heavy atom. The molecule has 3 N–H and O–H groups in total. The monoisotopic (exact) mass is 505 g/mol. The first-order valence-electron chi connectivity index (χ1n) is 8.18. The Hall–Kier alpha value is -0.910. The predicted octanol–water partition coefficient (Wildman–Crippen LogP) is 3.83. The average Bonchev–Trinajstić information content (AvgIpc) is 2.59. The largest absolute Gasteiger partial charge is 0.417 e. The molecule has 0 aromatic carbocycles. The van der Waals surface area contributed by atoms with Gasteiger partial charge in [-0.3, -0.25) is 4.99 Å². The van der Waals surface area contributed by atoms with E-state index in [4.69, 9.17) is 0 Å². The second kappa shape index (κ2) is 14.2. The van der Waals surface area contributed by atoms with Crippen LogP contribution in [0.3, 0.4) is 0 Å². The summed E-state index contributed by atoms with van der Waals surface area (Å²) >= 11 is 1.84. The van der Waals surface area contributed by atoms with Crippen LogP contribution in [0.1, 0.15) is 24.8 Å². The maximum atomic E-state index is 12.4. The van der Waals surface area contributed by atoms with Gasteiger partial charge < -0.3 is 16.0 Å². The molecule has 0 unspecified atom stereocenters. The summed E-state index contributed by atoms with van der Waals surface area (Å²) in [5, 5.41) is 9.45. The Labute approximate surface area is 174 Å². The Morgan fingerprint density at radius 3 is 2.35 bits per heavy atom. The topological polar surface area (TPSA) is 61.3 Å². The summed E-state index contributed by atoms with van der Waals surface area (Å²) in [6.45, 7) is 2.20. The third-order valence-corrected chi connectivity index (χ3v) is 4.03. The van der Waals surface area contributed by atoms with Crippen molar-refractivity contribution in [1.29, 1.82) is 0 Å². The number of hydrogen-bond acceptors (Lipinski definition) is 4. The van der Waals surface area contributed by atoms with Gasteiger partial charge in [0.25, 0.3) is 0 Å². The molecule has 0 aliphatic rings. The van der Waals surface area contributed by atoms with Crippen molar-refractivity contribution in [2.75, 3.05) is 44.0 Å². The van der Waals surface area contributed by atoms with Gasteiger partial charge in [-0.25, -0.2) is 4.98 Å². The molecule has 0 spiro atoms. The summed E-state index contributed by atoms with van der Waals surface area (Å²) in [5.74, 6) is 2.36. The van der Waals surface area contributed by atoms with E-state index in [1.54, 1.807) is 7.05 Å². The van der Waals surface area contributed by atoms with Crippen LogP contribution in [0.15, 0.2) is 23.3 Å². The quantitative estimate of drug-likeness (QED) is 0.195. The van der Waals surface area contributed by atoms with Crippen molar-refractivity contribution in [3.63, 3.8) is 0 Å². The highest BCUT2D eigenvalue weighted by Crippen LogP contribution is 2.28. The van der Waals surface area contributed by atoms with Crippen LogP contribution < -0.4 is 16.0 Å². The minimum Gasteiger partial charge on any atom is -0.370 e. The Balaban J connectivity index is 0.00000625. The molecular weight excluding hydrogens is 478 g/mol. The molecule has 150 valence electrons. The SMILES string of the molecule is CN=C(NCCCCSC)NCCCNc1ccc(C(F)(F)F)cn1.I. The summed E-state index contributed by atoms with van der Waals surface area (Å²) in [6.07, 6.45) is 1.65. The zero-order chi connectivity index (χ0) is 18.5. The van der Waals surface area contributed by atoms with Crippen LogP contribution in [0.25, 0.3) is 0 Å². The van der Waals surface area contributed by atoms with E-state index >= 15 is 0 Å². The zero-order valence-corrected chi connectivity index (χ0v) is 18.2. The highest BCUT2D eigenvalue weighted by Gasteiger charge is 2.30. The number of aromatic nitrogens is 1. The summed E-state index contributed by atoms with van der Waals surface area (Å²) in [4.78, 5) is 7.91. The van der Waals surface area contributed by atoms with Crippen LogP contribution in [0.2, 0.25) is 0 Å². The third kappa shape index (κ3) is 10.9. The molecule has 0 saturated carbocycles. The van der Waals surface area contributed by atoms with E-state index in [1.807, 2.05) is 11.8 Å². The van der Waals surface area contributed by atoms with Crippen LogP contribution in [0, 0.1) is 0 Å². The van der Waals surface area contributed by atoms with Gasteiger partial charge in [-0.15, -0.1) is 24.0 Å². The maximum absolute atomic E-state index is 12.4. The molecule has 1 rings (SSSR count). The average molecular weight is 505 g/mol. The lowest BCUT2D eigenvalue weighted by atomic mass is 10.3. The van der Waals surface area contributed by atoms with Crippen LogP contribution >= 0.6 is 35.7 Å². The highest BCUT2D eigenvalue weighted by molar-refractivity contribution is 14.0. The molecule has 1 aromatic rings. The van der Waals surface area contributed by atoms with Crippen molar-refractivity contribution >= 4 is 47.5 Å². The number of guanidine groups is 1. The van der Waals surface area contributed by atoms with E-state index in [0.717, 1.165) is 43.4 Å². The minimum atomic E-state index is -4.35. The lowest BCUT2D eigenvalue weighted by Crippen LogP contribution is -2.38. The van der Waals surface area contributed by atoms with Crippen LogP contribution in [-0.2, 0) is 6.18 Å². The molecule has 0 amide bonds. The number of unbranched alkanes of at least 4 members (excludes halogenated alkanes) is 1. The van der Waals surface area contributed by atoms with Gasteiger partial charge in [0.15, 0.2) is 5.96 Å². The second-order valence-electron chi connectivity index (χ2n) is 5.34. The fourth-order valence-electron chi connectivity index (χ4n) is 1.98. The summed E-state index contributed by atoms with van der Waals surface area (Å²) < 4.78 is 37.3. The number of nitrogens with one attached hydrogen (secondary N) is 3. The van der Waals surface area contributed by atoms with Crippen molar-refractivity contribution in [3.8, 4) is 0 Å². The number of halogens is 4. The molecule has 1 aromatic heterocycles. The third-order valence-electron chi connectivity index (χ3n) is 3.33. The molecule has 5 nitrogen and oxygen atoms in total. The Morgan fingerprint density at radius 1 is 1.12 bits per heavy atom. The standard InChI is InChI=1S/C16H26F3N5S.HI/c1-20-15(22-8-3-4-11-25-2)23-10-5-9-21-14-7-6-13(12-24-14)16(17,18)19;/h6-7,12H,3-5,8-11H2,1-2H3,(H,21,24)(H2,20,22,23);1H. The lowest BCUT2D eigenvalue weighted by molar-refractivity contribution is -0.137. The fraction of sp³-hybridized carbons (Fsp3) is 0.625. The maximum Gasteiger partial charge on any atom is 0.417 e.